The van der Waals surface area contributed by atoms with Gasteiger partial charge < -0.3 is 18.9 Å². The quantitative estimate of drug-likeness (QED) is 0.113. The van der Waals surface area contributed by atoms with Crippen LogP contribution in [0.1, 0.15) is 54.0 Å². The Balaban J connectivity index is 0.000000223. The molecule has 4 rings (SSSR count). The van der Waals surface area contributed by atoms with E-state index in [0.29, 0.717) is 27.8 Å². The lowest BCUT2D eigenvalue weighted by atomic mass is 10.1. The summed E-state index contributed by atoms with van der Waals surface area (Å²) >= 11 is 2.49. The van der Waals surface area contributed by atoms with Crippen molar-refractivity contribution in [3.05, 3.63) is 92.3 Å². The normalized spacial score (nSPS) is 10.5. The van der Waals surface area contributed by atoms with Crippen molar-refractivity contribution in [2.45, 2.75) is 20.1 Å². The Kier molecular flexibility index (Phi) is 11.6. The average molecular weight is 567 g/mol. The van der Waals surface area contributed by atoms with Gasteiger partial charge in [-0.15, -0.1) is 22.7 Å². The zero-order valence-electron chi connectivity index (χ0n) is 22.2. The molecule has 4 aromatic rings. The van der Waals surface area contributed by atoms with E-state index in [1.54, 1.807) is 6.07 Å². The predicted octanol–water partition coefficient (Wildman–Crippen LogP) is 7.29. The van der Waals surface area contributed by atoms with E-state index in [1.807, 2.05) is 80.6 Å². The molecule has 0 aliphatic rings. The molecule has 2 aromatic carbocycles. The van der Waals surface area contributed by atoms with Gasteiger partial charge in [0.1, 0.15) is 9.75 Å². The van der Waals surface area contributed by atoms with Crippen molar-refractivity contribution >= 4 is 40.9 Å². The van der Waals surface area contributed by atoms with Crippen molar-refractivity contribution in [2.75, 3.05) is 27.4 Å². The smallest absolute Gasteiger partial charge is 0.348 e. The summed E-state index contributed by atoms with van der Waals surface area (Å²) in [6, 6.07) is 22.9. The molecule has 0 N–H and O–H groups in total. The van der Waals surface area contributed by atoms with Crippen LogP contribution in [0.3, 0.4) is 0 Å². The van der Waals surface area contributed by atoms with E-state index in [0.717, 1.165) is 44.8 Å². The van der Waals surface area contributed by atoms with E-state index in [4.69, 9.17) is 18.9 Å². The van der Waals surface area contributed by atoms with Gasteiger partial charge in [-0.25, -0.2) is 9.59 Å². The van der Waals surface area contributed by atoms with Crippen LogP contribution in [0, 0.1) is 0 Å². The van der Waals surface area contributed by atoms with Gasteiger partial charge in [0.2, 0.25) is 0 Å². The van der Waals surface area contributed by atoms with Gasteiger partial charge in [0.15, 0.2) is 12.6 Å². The first kappa shape index (κ1) is 29.9. The number of methoxy groups -OCH3 is 2. The standard InChI is InChI=1S/C17H20O4S.C13H10O3S/c1-4-20-17(21-5-2)14-11-13(12-9-7-6-8-10-12)15(22-14)16(18)19-3;1-16-13(15)12-11(7-10(8-14)17-12)9-5-3-2-4-6-9/h6-11,17H,4-5H2,1-3H3;2-8H,1H3. The zero-order chi connectivity index (χ0) is 28.2. The lowest BCUT2D eigenvalue weighted by Gasteiger charge is -2.14. The Hall–Kier alpha value is -3.63. The highest BCUT2D eigenvalue weighted by molar-refractivity contribution is 7.16. The van der Waals surface area contributed by atoms with Crippen LogP contribution in [0.4, 0.5) is 0 Å². The fourth-order valence-corrected chi connectivity index (χ4v) is 5.67. The summed E-state index contributed by atoms with van der Waals surface area (Å²) in [4.78, 5) is 36.9. The Morgan fingerprint density at radius 3 is 1.64 bits per heavy atom. The molecule has 0 aliphatic carbocycles. The van der Waals surface area contributed by atoms with Crippen molar-refractivity contribution < 1.29 is 33.3 Å². The third-order valence-corrected chi connectivity index (χ3v) is 7.58. The molecule has 2 heterocycles. The van der Waals surface area contributed by atoms with Gasteiger partial charge in [0, 0.05) is 24.3 Å². The van der Waals surface area contributed by atoms with Crippen molar-refractivity contribution in [3.8, 4) is 22.3 Å². The molecule has 9 heteroatoms. The molecule has 0 saturated heterocycles. The molecule has 2 aromatic heterocycles. The topological polar surface area (TPSA) is 88.1 Å². The van der Waals surface area contributed by atoms with Crippen LogP contribution in [0.5, 0.6) is 0 Å². The van der Waals surface area contributed by atoms with Crippen LogP contribution in [-0.4, -0.2) is 45.7 Å². The van der Waals surface area contributed by atoms with Crippen LogP contribution in [-0.2, 0) is 18.9 Å². The molecule has 0 unspecified atom stereocenters. The Labute approximate surface area is 235 Å². The van der Waals surface area contributed by atoms with Crippen molar-refractivity contribution in [1.82, 2.24) is 0 Å². The number of esters is 2. The third-order valence-electron chi connectivity index (χ3n) is 5.40. The van der Waals surface area contributed by atoms with Gasteiger partial charge in [-0.2, -0.15) is 0 Å². The average Bonchev–Trinajstić information content (AvgIpc) is 3.63. The van der Waals surface area contributed by atoms with Crippen LogP contribution in [0.25, 0.3) is 22.3 Å². The maximum absolute atomic E-state index is 12.1. The van der Waals surface area contributed by atoms with Crippen LogP contribution < -0.4 is 0 Å². The number of carbonyl (C=O) groups is 3. The number of benzene rings is 2. The van der Waals surface area contributed by atoms with Gasteiger partial charge in [-0.05, 0) is 37.1 Å². The third kappa shape index (κ3) is 7.70. The predicted molar refractivity (Wildman–Crippen MR) is 154 cm³/mol. The Morgan fingerprint density at radius 2 is 1.21 bits per heavy atom. The molecule has 0 radical (unpaired) electrons. The summed E-state index contributed by atoms with van der Waals surface area (Å²) in [5.41, 5.74) is 3.45. The zero-order valence-corrected chi connectivity index (χ0v) is 23.8. The first-order valence-corrected chi connectivity index (χ1v) is 13.8. The number of rotatable bonds is 10. The van der Waals surface area contributed by atoms with Crippen LogP contribution in [0.2, 0.25) is 0 Å². The Bertz CT molecular complexity index is 1350. The van der Waals surface area contributed by atoms with E-state index in [9.17, 15) is 14.4 Å². The van der Waals surface area contributed by atoms with E-state index in [-0.39, 0.29) is 5.97 Å². The van der Waals surface area contributed by atoms with Gasteiger partial charge in [0.25, 0.3) is 0 Å². The SMILES string of the molecule is CCOC(OCC)c1cc(-c2ccccc2)c(C(=O)OC)s1.COC(=O)c1sc(C=O)cc1-c1ccccc1. The monoisotopic (exact) mass is 566 g/mol. The highest BCUT2D eigenvalue weighted by Crippen LogP contribution is 2.37. The number of carbonyl (C=O) groups excluding carboxylic acids is 3. The summed E-state index contributed by atoms with van der Waals surface area (Å²) in [7, 11) is 2.72. The van der Waals surface area contributed by atoms with Crippen LogP contribution >= 0.6 is 22.7 Å². The fourth-order valence-electron chi connectivity index (χ4n) is 3.66. The maximum Gasteiger partial charge on any atom is 0.348 e. The van der Waals surface area contributed by atoms with Crippen LogP contribution in [0.15, 0.2) is 72.8 Å². The fraction of sp³-hybridized carbons (Fsp3) is 0.233. The number of thiophene rings is 2. The van der Waals surface area contributed by atoms with E-state index in [2.05, 4.69) is 0 Å². The van der Waals surface area contributed by atoms with E-state index in [1.165, 1.54) is 25.6 Å². The van der Waals surface area contributed by atoms with Gasteiger partial charge >= 0.3 is 11.9 Å². The summed E-state index contributed by atoms with van der Waals surface area (Å²) in [5.74, 6) is -0.760. The molecule has 0 saturated carbocycles. The highest BCUT2D eigenvalue weighted by Gasteiger charge is 2.23. The molecular weight excluding hydrogens is 536 g/mol. The Morgan fingerprint density at radius 1 is 0.744 bits per heavy atom. The molecule has 39 heavy (non-hydrogen) atoms. The van der Waals surface area contributed by atoms with Gasteiger partial charge in [-0.3, -0.25) is 4.79 Å². The van der Waals surface area contributed by atoms with E-state index >= 15 is 0 Å². The summed E-state index contributed by atoms with van der Waals surface area (Å²) in [5, 5.41) is 0. The molecule has 0 amide bonds. The van der Waals surface area contributed by atoms with Crippen molar-refractivity contribution in [1.29, 1.82) is 0 Å². The van der Waals surface area contributed by atoms with Gasteiger partial charge in [0.05, 0.1) is 24.0 Å². The minimum atomic E-state index is -0.458. The largest absolute Gasteiger partial charge is 0.465 e. The lowest BCUT2D eigenvalue weighted by Crippen LogP contribution is -2.07. The molecule has 7 nitrogen and oxygen atoms in total. The molecule has 0 spiro atoms. The molecular formula is C30H30O7S2. The van der Waals surface area contributed by atoms with Crippen molar-refractivity contribution in [3.63, 3.8) is 0 Å². The maximum atomic E-state index is 12.1. The first-order chi connectivity index (χ1) is 19.0. The highest BCUT2D eigenvalue weighted by atomic mass is 32.1. The number of aldehydes is 1. The minimum absolute atomic E-state index is 0.346. The first-order valence-electron chi connectivity index (χ1n) is 12.2. The molecule has 0 atom stereocenters. The van der Waals surface area contributed by atoms with E-state index < -0.39 is 12.3 Å². The second-order valence-electron chi connectivity index (χ2n) is 7.86. The number of ether oxygens (including phenoxy) is 4. The van der Waals surface area contributed by atoms with Crippen molar-refractivity contribution in [2.24, 2.45) is 0 Å². The lowest BCUT2D eigenvalue weighted by molar-refractivity contribution is -0.138. The molecule has 0 fully saturated rings. The second-order valence-corrected chi connectivity index (χ2v) is 10.0. The number of hydrogen-bond donors (Lipinski definition) is 0. The molecule has 0 aliphatic heterocycles. The van der Waals surface area contributed by atoms with Gasteiger partial charge in [-0.1, -0.05) is 60.7 Å². The summed E-state index contributed by atoms with van der Waals surface area (Å²) in [6.45, 7) is 4.91. The number of hydrogen-bond acceptors (Lipinski definition) is 9. The summed E-state index contributed by atoms with van der Waals surface area (Å²) < 4.78 is 20.9. The summed E-state index contributed by atoms with van der Waals surface area (Å²) in [6.07, 6.45) is 0.282. The molecule has 204 valence electrons. The minimum Gasteiger partial charge on any atom is -0.465 e. The second kappa shape index (κ2) is 15.1. The molecule has 0 bridgehead atoms.